The van der Waals surface area contributed by atoms with Gasteiger partial charge in [0, 0.05) is 18.8 Å². The van der Waals surface area contributed by atoms with Gasteiger partial charge in [0.1, 0.15) is 0 Å². The van der Waals surface area contributed by atoms with Gasteiger partial charge >= 0.3 is 6.03 Å². The number of nitrogens with one attached hydrogen (secondary N) is 2. The van der Waals surface area contributed by atoms with E-state index >= 15 is 0 Å². The van der Waals surface area contributed by atoms with Gasteiger partial charge in [0.15, 0.2) is 0 Å². The zero-order chi connectivity index (χ0) is 18.5. The summed E-state index contributed by atoms with van der Waals surface area (Å²) in [6.45, 7) is 4.93. The van der Waals surface area contributed by atoms with E-state index in [0.717, 1.165) is 23.2 Å². The number of nitrogens with zero attached hydrogens (tertiary/aromatic N) is 3. The molecule has 2 atom stereocenters. The molecule has 0 saturated carbocycles. The number of hydrogen-bond acceptors (Lipinski definition) is 5. The molecule has 1 aromatic heterocycles. The van der Waals surface area contributed by atoms with Crippen LogP contribution in [0.4, 0.5) is 10.7 Å². The van der Waals surface area contributed by atoms with Crippen LogP contribution in [0.3, 0.4) is 0 Å². The first-order valence-electron chi connectivity index (χ1n) is 8.89. The smallest absolute Gasteiger partial charge is 0.318 e. The second-order valence-corrected chi connectivity index (χ2v) is 6.65. The van der Waals surface area contributed by atoms with Crippen LogP contribution in [0, 0.1) is 0 Å². The third-order valence-corrected chi connectivity index (χ3v) is 4.52. The van der Waals surface area contributed by atoms with Crippen molar-refractivity contribution in [1.82, 2.24) is 20.2 Å². The fourth-order valence-electron chi connectivity index (χ4n) is 2.91. The Labute approximate surface area is 153 Å². The van der Waals surface area contributed by atoms with Crippen molar-refractivity contribution >= 4 is 12.0 Å². The predicted octanol–water partition coefficient (Wildman–Crippen LogP) is 2.10. The molecule has 0 radical (unpaired) electrons. The topological polar surface area (TPSA) is 90.4 Å². The van der Waals surface area contributed by atoms with Crippen molar-refractivity contribution < 1.29 is 9.90 Å². The van der Waals surface area contributed by atoms with Crippen LogP contribution in [0.2, 0.25) is 0 Å². The van der Waals surface area contributed by atoms with E-state index in [0.29, 0.717) is 19.0 Å². The van der Waals surface area contributed by atoms with Gasteiger partial charge in [-0.2, -0.15) is 0 Å². The minimum absolute atomic E-state index is 0.00630. The number of amides is 2. The van der Waals surface area contributed by atoms with Gasteiger partial charge in [0.05, 0.1) is 24.9 Å². The van der Waals surface area contributed by atoms with Crippen LogP contribution >= 0.6 is 0 Å². The summed E-state index contributed by atoms with van der Waals surface area (Å²) in [6, 6.07) is 9.63. The lowest BCUT2D eigenvalue weighted by molar-refractivity contribution is 0.188. The second-order valence-electron chi connectivity index (χ2n) is 6.65. The largest absolute Gasteiger partial charge is 0.394 e. The Morgan fingerprint density at radius 3 is 2.81 bits per heavy atom. The Hall–Kier alpha value is -2.67. The van der Waals surface area contributed by atoms with Gasteiger partial charge in [-0.1, -0.05) is 30.3 Å². The summed E-state index contributed by atoms with van der Waals surface area (Å²) in [4.78, 5) is 23.2. The molecule has 0 fully saturated rings. The lowest BCUT2D eigenvalue weighted by atomic mass is 10.1. The summed E-state index contributed by atoms with van der Waals surface area (Å²) in [5.41, 5.74) is 2.99. The molecule has 7 nitrogen and oxygen atoms in total. The van der Waals surface area contributed by atoms with Crippen LogP contribution in [-0.4, -0.2) is 45.2 Å². The van der Waals surface area contributed by atoms with Crippen molar-refractivity contribution in [2.45, 2.75) is 38.9 Å². The van der Waals surface area contributed by atoms with Crippen LogP contribution in [0.15, 0.2) is 36.5 Å². The number of rotatable bonds is 5. The predicted molar refractivity (Wildman–Crippen MR) is 99.7 cm³/mol. The van der Waals surface area contributed by atoms with Gasteiger partial charge in [0.2, 0.25) is 5.95 Å². The van der Waals surface area contributed by atoms with Crippen LogP contribution in [0.25, 0.3) is 0 Å². The summed E-state index contributed by atoms with van der Waals surface area (Å²) in [5.74, 6) is 0.477. The number of urea groups is 1. The zero-order valence-electron chi connectivity index (χ0n) is 15.1. The van der Waals surface area contributed by atoms with Crippen LogP contribution in [-0.2, 0) is 13.0 Å². The quantitative estimate of drug-likeness (QED) is 0.764. The first-order chi connectivity index (χ1) is 12.6. The number of benzene rings is 1. The third-order valence-electron chi connectivity index (χ3n) is 4.52. The van der Waals surface area contributed by atoms with Crippen LogP contribution in [0.5, 0.6) is 0 Å². The molecule has 7 heteroatoms. The summed E-state index contributed by atoms with van der Waals surface area (Å²) in [7, 11) is 0. The Kier molecular flexibility index (Phi) is 5.68. The van der Waals surface area contributed by atoms with E-state index in [1.54, 1.807) is 11.1 Å². The van der Waals surface area contributed by atoms with E-state index in [-0.39, 0.29) is 24.7 Å². The van der Waals surface area contributed by atoms with E-state index in [9.17, 15) is 4.79 Å². The molecule has 1 aromatic carbocycles. The van der Waals surface area contributed by atoms with Gasteiger partial charge in [-0.15, -0.1) is 0 Å². The van der Waals surface area contributed by atoms with Crippen LogP contribution in [0.1, 0.15) is 36.7 Å². The molecule has 1 aliphatic rings. The molecule has 138 valence electrons. The van der Waals surface area contributed by atoms with Crippen molar-refractivity contribution in [3.63, 3.8) is 0 Å². The standard InChI is InChI=1S/C19H25N5O2/c1-13(12-25)21-18-20-10-16-8-9-24(11-17(16)23-18)19(26)22-14(2)15-6-4-3-5-7-15/h3-7,10,13-14,25H,8-9,11-12H2,1-2H3,(H,22,26)(H,20,21,23)/t13-,14+/m0/s1. The van der Waals surface area contributed by atoms with Gasteiger partial charge in [-0.3, -0.25) is 0 Å². The van der Waals surface area contributed by atoms with Crippen molar-refractivity contribution in [3.05, 3.63) is 53.3 Å². The highest BCUT2D eigenvalue weighted by Crippen LogP contribution is 2.19. The first-order valence-corrected chi connectivity index (χ1v) is 8.89. The van der Waals surface area contributed by atoms with Gasteiger partial charge in [0.25, 0.3) is 0 Å². The first kappa shape index (κ1) is 18.1. The number of carbonyl (C=O) groups excluding carboxylic acids is 1. The fraction of sp³-hybridized carbons (Fsp3) is 0.421. The highest BCUT2D eigenvalue weighted by molar-refractivity contribution is 5.75. The van der Waals surface area contributed by atoms with E-state index in [1.165, 1.54) is 0 Å². The number of aliphatic hydroxyl groups is 1. The summed E-state index contributed by atoms with van der Waals surface area (Å²) >= 11 is 0. The number of hydrogen-bond donors (Lipinski definition) is 3. The monoisotopic (exact) mass is 355 g/mol. The summed E-state index contributed by atoms with van der Waals surface area (Å²) in [6.07, 6.45) is 2.54. The molecular formula is C19H25N5O2. The highest BCUT2D eigenvalue weighted by atomic mass is 16.3. The van der Waals surface area contributed by atoms with E-state index < -0.39 is 0 Å². The average Bonchev–Trinajstić information content (AvgIpc) is 2.67. The molecule has 0 saturated heterocycles. The molecule has 2 heterocycles. The van der Waals surface area contributed by atoms with E-state index in [4.69, 9.17) is 5.11 Å². The molecular weight excluding hydrogens is 330 g/mol. The number of aromatic nitrogens is 2. The normalized spacial score (nSPS) is 15.7. The van der Waals surface area contributed by atoms with Gasteiger partial charge < -0.3 is 20.6 Å². The number of anilines is 1. The van der Waals surface area contributed by atoms with Gasteiger partial charge in [-0.05, 0) is 31.4 Å². The van der Waals surface area contributed by atoms with Crippen molar-refractivity contribution in [2.24, 2.45) is 0 Å². The maximum absolute atomic E-state index is 12.6. The number of carbonyl (C=O) groups is 1. The summed E-state index contributed by atoms with van der Waals surface area (Å²) in [5, 5.41) is 15.2. The molecule has 3 N–H and O–H groups in total. The molecule has 0 bridgehead atoms. The molecule has 0 aliphatic carbocycles. The summed E-state index contributed by atoms with van der Waals surface area (Å²) < 4.78 is 0. The lowest BCUT2D eigenvalue weighted by Gasteiger charge is -2.29. The molecule has 26 heavy (non-hydrogen) atoms. The third kappa shape index (κ3) is 4.29. The SMILES string of the molecule is C[C@@H](CO)Nc1ncc2c(n1)CN(C(=O)N[C@H](C)c1ccccc1)CC2. The lowest BCUT2D eigenvalue weighted by Crippen LogP contribution is -2.44. The Bertz CT molecular complexity index is 753. The molecule has 2 amide bonds. The van der Waals surface area contributed by atoms with Crippen molar-refractivity contribution in [3.8, 4) is 0 Å². The highest BCUT2D eigenvalue weighted by Gasteiger charge is 2.23. The Morgan fingerprint density at radius 2 is 2.08 bits per heavy atom. The van der Waals surface area contributed by atoms with E-state index in [1.807, 2.05) is 44.2 Å². The van der Waals surface area contributed by atoms with Crippen LogP contribution < -0.4 is 10.6 Å². The van der Waals surface area contributed by atoms with Crippen molar-refractivity contribution in [1.29, 1.82) is 0 Å². The van der Waals surface area contributed by atoms with E-state index in [2.05, 4.69) is 20.6 Å². The Balaban J connectivity index is 1.65. The maximum atomic E-state index is 12.6. The second kappa shape index (κ2) is 8.14. The zero-order valence-corrected chi connectivity index (χ0v) is 15.1. The fourth-order valence-corrected chi connectivity index (χ4v) is 2.91. The molecule has 1 aliphatic heterocycles. The van der Waals surface area contributed by atoms with Gasteiger partial charge in [-0.25, -0.2) is 14.8 Å². The number of aliphatic hydroxyl groups excluding tert-OH is 1. The Morgan fingerprint density at radius 1 is 1.31 bits per heavy atom. The van der Waals surface area contributed by atoms with Crippen molar-refractivity contribution in [2.75, 3.05) is 18.5 Å². The maximum Gasteiger partial charge on any atom is 0.318 e. The minimum Gasteiger partial charge on any atom is -0.394 e. The average molecular weight is 355 g/mol. The molecule has 3 rings (SSSR count). The number of fused-ring (bicyclic) bond motifs is 1. The molecule has 2 aromatic rings. The molecule has 0 spiro atoms. The molecule has 0 unspecified atom stereocenters. The minimum atomic E-state index is -0.122.